The molecule has 120 valence electrons. The normalized spacial score (nSPS) is 27.0. The van der Waals surface area contributed by atoms with Crippen LogP contribution in [0.15, 0.2) is 43.0 Å². The lowest BCUT2D eigenvalue weighted by Crippen LogP contribution is -2.44. The Morgan fingerprint density at radius 1 is 1.17 bits per heavy atom. The lowest BCUT2D eigenvalue weighted by Gasteiger charge is -2.31. The van der Waals surface area contributed by atoms with Gasteiger partial charge in [0.1, 0.15) is 6.10 Å². The molecule has 0 spiro atoms. The zero-order chi connectivity index (χ0) is 15.5. The number of hydrogen-bond acceptors (Lipinski definition) is 6. The van der Waals surface area contributed by atoms with Crippen molar-refractivity contribution in [2.24, 2.45) is 0 Å². The summed E-state index contributed by atoms with van der Waals surface area (Å²) in [5.74, 6) is 0.763. The molecule has 6 heteroatoms. The molecular weight excluding hydrogens is 292 g/mol. The third-order valence-corrected chi connectivity index (χ3v) is 4.53. The van der Waals surface area contributed by atoms with Crippen LogP contribution in [0.3, 0.4) is 0 Å². The first-order valence-corrected chi connectivity index (χ1v) is 8.07. The van der Waals surface area contributed by atoms with Gasteiger partial charge in [-0.15, -0.1) is 0 Å². The zero-order valence-electron chi connectivity index (χ0n) is 12.9. The quantitative estimate of drug-likeness (QED) is 0.858. The average Bonchev–Trinajstić information content (AvgIpc) is 2.90. The van der Waals surface area contributed by atoms with E-state index in [1.54, 1.807) is 18.6 Å². The van der Waals surface area contributed by atoms with Crippen LogP contribution in [0.5, 0.6) is 0 Å². The number of hydrogen-bond donors (Lipinski definition) is 0. The van der Waals surface area contributed by atoms with Gasteiger partial charge in [0.25, 0.3) is 0 Å². The molecule has 2 aliphatic rings. The molecule has 2 fully saturated rings. The van der Waals surface area contributed by atoms with Gasteiger partial charge in [0.05, 0.1) is 25.4 Å². The van der Waals surface area contributed by atoms with Crippen molar-refractivity contribution in [3.63, 3.8) is 0 Å². The van der Waals surface area contributed by atoms with Crippen LogP contribution >= 0.6 is 0 Å². The van der Waals surface area contributed by atoms with Crippen molar-refractivity contribution in [1.82, 2.24) is 15.0 Å². The Hall–Kier alpha value is -2.05. The molecule has 1 aliphatic carbocycles. The maximum atomic E-state index is 6.23. The molecule has 6 nitrogen and oxygen atoms in total. The maximum absolute atomic E-state index is 6.23. The number of aromatic nitrogens is 3. The molecule has 23 heavy (non-hydrogen) atoms. The highest BCUT2D eigenvalue weighted by molar-refractivity contribution is 5.33. The monoisotopic (exact) mass is 312 g/mol. The molecule has 0 aromatic carbocycles. The smallest absolute Gasteiger partial charge is 0.225 e. The van der Waals surface area contributed by atoms with Gasteiger partial charge >= 0.3 is 0 Å². The van der Waals surface area contributed by atoms with Gasteiger partial charge in [-0.25, -0.2) is 9.97 Å². The van der Waals surface area contributed by atoms with Crippen LogP contribution in [0, 0.1) is 0 Å². The Kier molecular flexibility index (Phi) is 4.17. The molecule has 0 amide bonds. The number of anilines is 1. The summed E-state index contributed by atoms with van der Waals surface area (Å²) in [6, 6.07) is 6.07. The number of pyridine rings is 1. The van der Waals surface area contributed by atoms with Crippen LogP contribution in [-0.4, -0.2) is 46.4 Å². The summed E-state index contributed by atoms with van der Waals surface area (Å²) in [7, 11) is 0. The minimum absolute atomic E-state index is 0.0431. The van der Waals surface area contributed by atoms with E-state index in [1.165, 1.54) is 0 Å². The maximum Gasteiger partial charge on any atom is 0.225 e. The summed E-state index contributed by atoms with van der Waals surface area (Å²) >= 11 is 0. The second-order valence-electron chi connectivity index (χ2n) is 5.93. The van der Waals surface area contributed by atoms with Gasteiger partial charge in [-0.3, -0.25) is 4.98 Å². The van der Waals surface area contributed by atoms with E-state index in [0.29, 0.717) is 13.2 Å². The second-order valence-corrected chi connectivity index (χ2v) is 5.93. The largest absolute Gasteiger partial charge is 0.374 e. The number of fused-ring (bicyclic) bond motifs is 2. The fourth-order valence-electron chi connectivity index (χ4n) is 3.47. The van der Waals surface area contributed by atoms with Crippen LogP contribution in [0.1, 0.15) is 18.4 Å². The van der Waals surface area contributed by atoms with Crippen LogP contribution < -0.4 is 4.90 Å². The molecule has 1 saturated heterocycles. The van der Waals surface area contributed by atoms with E-state index in [9.17, 15) is 0 Å². The van der Waals surface area contributed by atoms with E-state index in [0.717, 1.165) is 30.9 Å². The first-order chi connectivity index (χ1) is 11.4. The first kappa shape index (κ1) is 14.5. The van der Waals surface area contributed by atoms with Gasteiger partial charge in [0, 0.05) is 31.3 Å². The fraction of sp³-hybridized carbons (Fsp3) is 0.471. The molecule has 1 aliphatic heterocycles. The highest BCUT2D eigenvalue weighted by Crippen LogP contribution is 2.33. The zero-order valence-corrected chi connectivity index (χ0v) is 12.9. The van der Waals surface area contributed by atoms with Gasteiger partial charge in [-0.2, -0.15) is 0 Å². The Labute approximate surface area is 135 Å². The van der Waals surface area contributed by atoms with Crippen LogP contribution in [-0.2, 0) is 16.1 Å². The van der Waals surface area contributed by atoms with E-state index in [4.69, 9.17) is 9.47 Å². The molecule has 2 aromatic heterocycles. The van der Waals surface area contributed by atoms with Gasteiger partial charge in [0.15, 0.2) is 0 Å². The predicted octanol–water partition coefficient (Wildman–Crippen LogP) is 1.82. The van der Waals surface area contributed by atoms with E-state index in [2.05, 4.69) is 19.9 Å². The molecule has 2 bridgehead atoms. The molecule has 1 saturated carbocycles. The van der Waals surface area contributed by atoms with Crippen LogP contribution in [0.2, 0.25) is 0 Å². The van der Waals surface area contributed by atoms with Crippen LogP contribution in [0.25, 0.3) is 0 Å². The Morgan fingerprint density at radius 2 is 2.09 bits per heavy atom. The van der Waals surface area contributed by atoms with Crippen molar-refractivity contribution >= 4 is 5.95 Å². The van der Waals surface area contributed by atoms with E-state index in [-0.39, 0.29) is 18.2 Å². The predicted molar refractivity (Wildman–Crippen MR) is 85.0 cm³/mol. The van der Waals surface area contributed by atoms with Crippen molar-refractivity contribution in [2.75, 3.05) is 18.1 Å². The number of rotatable bonds is 4. The van der Waals surface area contributed by atoms with E-state index in [1.807, 2.05) is 24.4 Å². The molecule has 2 aromatic rings. The van der Waals surface area contributed by atoms with Gasteiger partial charge in [0.2, 0.25) is 5.95 Å². The third-order valence-electron chi connectivity index (χ3n) is 4.53. The Morgan fingerprint density at radius 3 is 2.91 bits per heavy atom. The molecule has 3 atom stereocenters. The van der Waals surface area contributed by atoms with Gasteiger partial charge in [-0.05, 0) is 30.5 Å². The van der Waals surface area contributed by atoms with Crippen molar-refractivity contribution in [3.8, 4) is 0 Å². The molecule has 0 radical (unpaired) electrons. The molecule has 0 unspecified atom stereocenters. The van der Waals surface area contributed by atoms with E-state index >= 15 is 0 Å². The minimum atomic E-state index is 0.0431. The standard InChI is InChI=1S/C17H20N4O2/c1-3-13(11-18-6-1)12-23-16-14-4-5-15(16)22-10-9-21(14)17-19-7-2-8-20-17/h1-3,6-8,11,14-16H,4-5,9-10,12H2/t14-,15-,16-/m0/s1. The van der Waals surface area contributed by atoms with Crippen molar-refractivity contribution in [3.05, 3.63) is 48.5 Å². The highest BCUT2D eigenvalue weighted by atomic mass is 16.5. The summed E-state index contributed by atoms with van der Waals surface area (Å²) in [5, 5.41) is 0. The summed E-state index contributed by atoms with van der Waals surface area (Å²) < 4.78 is 12.2. The fourth-order valence-corrected chi connectivity index (χ4v) is 3.47. The van der Waals surface area contributed by atoms with Gasteiger partial charge in [-0.1, -0.05) is 6.07 Å². The second kappa shape index (κ2) is 6.60. The lowest BCUT2D eigenvalue weighted by atomic mass is 10.1. The molecule has 0 N–H and O–H groups in total. The highest BCUT2D eigenvalue weighted by Gasteiger charge is 2.43. The first-order valence-electron chi connectivity index (χ1n) is 8.07. The van der Waals surface area contributed by atoms with Gasteiger partial charge < -0.3 is 14.4 Å². The van der Waals surface area contributed by atoms with Crippen LogP contribution in [0.4, 0.5) is 5.95 Å². The third kappa shape index (κ3) is 3.04. The summed E-state index contributed by atoms with van der Waals surface area (Å²) in [4.78, 5) is 15.2. The summed E-state index contributed by atoms with van der Waals surface area (Å²) in [6.45, 7) is 2.04. The van der Waals surface area contributed by atoms with E-state index < -0.39 is 0 Å². The van der Waals surface area contributed by atoms with Crippen molar-refractivity contribution < 1.29 is 9.47 Å². The van der Waals surface area contributed by atoms with Crippen molar-refractivity contribution in [1.29, 1.82) is 0 Å². The lowest BCUT2D eigenvalue weighted by molar-refractivity contribution is -0.0555. The molecule has 4 rings (SSSR count). The summed E-state index contributed by atoms with van der Waals surface area (Å²) in [6.07, 6.45) is 9.45. The summed E-state index contributed by atoms with van der Waals surface area (Å²) in [5.41, 5.74) is 1.08. The SMILES string of the molecule is c1cnc(N2CCO[C@H]3CC[C@H]2[C@@H]3OCc2cccnc2)nc1. The topological polar surface area (TPSA) is 60.4 Å². The number of nitrogens with zero attached hydrogens (tertiary/aromatic N) is 4. The van der Waals surface area contributed by atoms with Crippen molar-refractivity contribution in [2.45, 2.75) is 37.7 Å². The Balaban J connectivity index is 1.52. The average molecular weight is 312 g/mol. The number of ether oxygens (including phenoxy) is 2. The minimum Gasteiger partial charge on any atom is -0.374 e. The Bertz CT molecular complexity index is 625. The molecular formula is C17H20N4O2. The molecule has 3 heterocycles.